The molecule has 0 aliphatic carbocycles. The van der Waals surface area contributed by atoms with Crippen molar-refractivity contribution in [2.24, 2.45) is 0 Å². The van der Waals surface area contributed by atoms with Crippen molar-refractivity contribution in [3.8, 4) is 5.88 Å². The van der Waals surface area contributed by atoms with Crippen LogP contribution in [-0.2, 0) is 0 Å². The maximum Gasteiger partial charge on any atom is 0.214 e. The predicted molar refractivity (Wildman–Crippen MR) is 69.6 cm³/mol. The van der Waals surface area contributed by atoms with Crippen molar-refractivity contribution in [2.75, 3.05) is 12.4 Å². The molecule has 0 radical (unpaired) electrons. The molecule has 0 saturated carbocycles. The van der Waals surface area contributed by atoms with Gasteiger partial charge in [-0.3, -0.25) is 0 Å². The summed E-state index contributed by atoms with van der Waals surface area (Å²) in [6.45, 7) is 2.12. The summed E-state index contributed by atoms with van der Waals surface area (Å²) in [5.41, 5.74) is 0. The van der Waals surface area contributed by atoms with Crippen LogP contribution in [0.25, 0.3) is 0 Å². The second kappa shape index (κ2) is 5.63. The Morgan fingerprint density at radius 3 is 3.00 bits per heavy atom. The summed E-state index contributed by atoms with van der Waals surface area (Å²) in [5.74, 6) is 1.43. The quantitative estimate of drug-likeness (QED) is 0.884. The Bertz CT molecular complexity index is 459. The number of ether oxygens (including phenoxy) is 1. The summed E-state index contributed by atoms with van der Waals surface area (Å²) >= 11 is 1.65. The van der Waals surface area contributed by atoms with E-state index in [4.69, 9.17) is 4.74 Å². The van der Waals surface area contributed by atoms with E-state index in [0.29, 0.717) is 5.88 Å². The highest BCUT2D eigenvalue weighted by Gasteiger charge is 2.12. The van der Waals surface area contributed by atoms with Gasteiger partial charge in [-0.25, -0.2) is 4.98 Å². The lowest BCUT2D eigenvalue weighted by Gasteiger charge is -2.15. The molecule has 2 rings (SSSR count). The van der Waals surface area contributed by atoms with Crippen molar-refractivity contribution in [1.82, 2.24) is 9.97 Å². The van der Waals surface area contributed by atoms with E-state index in [2.05, 4.69) is 22.2 Å². The minimum absolute atomic E-state index is 0.203. The lowest BCUT2D eigenvalue weighted by Crippen LogP contribution is -2.10. The van der Waals surface area contributed by atoms with E-state index in [0.717, 1.165) is 17.2 Å². The Morgan fingerprint density at radius 1 is 1.47 bits per heavy atom. The highest BCUT2D eigenvalue weighted by Crippen LogP contribution is 2.23. The zero-order chi connectivity index (χ0) is 12.1. The number of rotatable bonds is 5. The van der Waals surface area contributed by atoms with Gasteiger partial charge in [-0.2, -0.15) is 4.98 Å². The van der Waals surface area contributed by atoms with E-state index >= 15 is 0 Å². The molecule has 0 bridgehead atoms. The predicted octanol–water partition coefficient (Wildman–Crippen LogP) is 3.11. The average Bonchev–Trinajstić information content (AvgIpc) is 2.90. The second-order valence-corrected chi connectivity index (χ2v) is 4.47. The highest BCUT2D eigenvalue weighted by molar-refractivity contribution is 7.09. The van der Waals surface area contributed by atoms with Crippen LogP contribution in [0.5, 0.6) is 5.88 Å². The second-order valence-electron chi connectivity index (χ2n) is 3.54. The molecule has 1 unspecified atom stereocenters. The summed E-state index contributed by atoms with van der Waals surface area (Å²) in [6.07, 6.45) is 2.79. The molecule has 5 heteroatoms. The molecule has 17 heavy (non-hydrogen) atoms. The molecule has 0 amide bonds. The Labute approximate surface area is 105 Å². The minimum Gasteiger partial charge on any atom is -0.481 e. The summed E-state index contributed by atoms with van der Waals surface area (Å²) in [5, 5.41) is 6.43. The van der Waals surface area contributed by atoms with Crippen LogP contribution in [0.2, 0.25) is 0 Å². The minimum atomic E-state index is 0.203. The fourth-order valence-electron chi connectivity index (χ4n) is 1.53. The molecule has 2 heterocycles. The number of nitrogens with zero attached hydrogens (tertiary/aromatic N) is 2. The maximum absolute atomic E-state index is 5.10. The molecule has 0 aliphatic heterocycles. The van der Waals surface area contributed by atoms with Gasteiger partial charge in [-0.15, -0.1) is 11.3 Å². The molecule has 0 saturated heterocycles. The first-order chi connectivity index (χ1) is 8.33. The third kappa shape index (κ3) is 2.94. The summed E-state index contributed by atoms with van der Waals surface area (Å²) in [4.78, 5) is 8.66. The first kappa shape index (κ1) is 11.9. The monoisotopic (exact) mass is 249 g/mol. The number of hydrogen-bond acceptors (Lipinski definition) is 5. The Kier molecular flexibility index (Phi) is 3.93. The number of aromatic nitrogens is 2. The first-order valence-corrected chi connectivity index (χ1v) is 6.38. The van der Waals surface area contributed by atoms with Gasteiger partial charge in [0.25, 0.3) is 0 Å². The Balaban J connectivity index is 2.13. The van der Waals surface area contributed by atoms with Gasteiger partial charge in [0.15, 0.2) is 0 Å². The fraction of sp³-hybridized carbons (Fsp3) is 0.333. The van der Waals surface area contributed by atoms with Crippen LogP contribution in [0.15, 0.2) is 29.8 Å². The molecule has 90 valence electrons. The molecule has 0 fully saturated rings. The number of methoxy groups -OCH3 is 1. The van der Waals surface area contributed by atoms with Crippen LogP contribution < -0.4 is 10.1 Å². The van der Waals surface area contributed by atoms with Gasteiger partial charge in [0.2, 0.25) is 5.88 Å². The van der Waals surface area contributed by atoms with Crippen LogP contribution in [-0.4, -0.2) is 17.1 Å². The third-order valence-corrected chi connectivity index (χ3v) is 3.30. The van der Waals surface area contributed by atoms with Crippen LogP contribution >= 0.6 is 11.3 Å². The van der Waals surface area contributed by atoms with Crippen molar-refractivity contribution in [2.45, 2.75) is 19.4 Å². The zero-order valence-electron chi connectivity index (χ0n) is 9.88. The lowest BCUT2D eigenvalue weighted by molar-refractivity contribution is 0.398. The molecule has 2 aromatic heterocycles. The fourth-order valence-corrected chi connectivity index (χ4v) is 2.31. The van der Waals surface area contributed by atoms with Gasteiger partial charge in [-0.1, -0.05) is 13.0 Å². The van der Waals surface area contributed by atoms with Gasteiger partial charge < -0.3 is 10.1 Å². The van der Waals surface area contributed by atoms with E-state index in [9.17, 15) is 0 Å². The smallest absolute Gasteiger partial charge is 0.214 e. The van der Waals surface area contributed by atoms with Crippen molar-refractivity contribution < 1.29 is 4.74 Å². The van der Waals surface area contributed by atoms with Crippen LogP contribution in [0.3, 0.4) is 0 Å². The SMILES string of the molecule is CCC(Nc1cccc(OC)n1)c1nccs1. The van der Waals surface area contributed by atoms with Gasteiger partial charge in [0.1, 0.15) is 10.8 Å². The normalized spacial score (nSPS) is 12.1. The van der Waals surface area contributed by atoms with Gasteiger partial charge >= 0.3 is 0 Å². The van der Waals surface area contributed by atoms with E-state index in [1.165, 1.54) is 0 Å². The molecule has 2 aromatic rings. The Hall–Kier alpha value is -1.62. The van der Waals surface area contributed by atoms with Gasteiger partial charge in [-0.05, 0) is 12.5 Å². The van der Waals surface area contributed by atoms with E-state index in [-0.39, 0.29) is 6.04 Å². The zero-order valence-corrected chi connectivity index (χ0v) is 10.7. The van der Waals surface area contributed by atoms with E-state index < -0.39 is 0 Å². The molecule has 0 aliphatic rings. The topological polar surface area (TPSA) is 47.0 Å². The number of thiazole rings is 1. The largest absolute Gasteiger partial charge is 0.481 e. The standard InChI is InChI=1S/C12H15N3OS/c1-3-9(12-13-7-8-17-12)14-10-5-4-6-11(15-10)16-2/h4-9H,3H2,1-2H3,(H,14,15). The van der Waals surface area contributed by atoms with E-state index in [1.54, 1.807) is 18.4 Å². The number of hydrogen-bond donors (Lipinski definition) is 1. The molecule has 0 spiro atoms. The highest BCUT2D eigenvalue weighted by atomic mass is 32.1. The summed E-state index contributed by atoms with van der Waals surface area (Å²) in [6, 6.07) is 5.88. The molecular formula is C12H15N3OS. The summed E-state index contributed by atoms with van der Waals surface area (Å²) in [7, 11) is 1.62. The summed E-state index contributed by atoms with van der Waals surface area (Å²) < 4.78 is 5.10. The molecule has 1 atom stereocenters. The molecule has 4 nitrogen and oxygen atoms in total. The van der Waals surface area contributed by atoms with Crippen molar-refractivity contribution in [1.29, 1.82) is 0 Å². The number of nitrogens with one attached hydrogen (secondary N) is 1. The maximum atomic E-state index is 5.10. The first-order valence-electron chi connectivity index (χ1n) is 5.50. The number of pyridine rings is 1. The van der Waals surface area contributed by atoms with Gasteiger partial charge in [0.05, 0.1) is 13.2 Å². The average molecular weight is 249 g/mol. The third-order valence-electron chi connectivity index (χ3n) is 2.41. The van der Waals surface area contributed by atoms with Crippen LogP contribution in [0.4, 0.5) is 5.82 Å². The molecule has 0 aromatic carbocycles. The van der Waals surface area contributed by atoms with Crippen molar-refractivity contribution in [3.63, 3.8) is 0 Å². The molecule has 1 N–H and O–H groups in total. The van der Waals surface area contributed by atoms with E-state index in [1.807, 2.05) is 29.8 Å². The molecular weight excluding hydrogens is 234 g/mol. The lowest BCUT2D eigenvalue weighted by atomic mass is 10.2. The Morgan fingerprint density at radius 2 is 2.35 bits per heavy atom. The van der Waals surface area contributed by atoms with Crippen LogP contribution in [0, 0.1) is 0 Å². The van der Waals surface area contributed by atoms with Crippen LogP contribution in [0.1, 0.15) is 24.4 Å². The number of anilines is 1. The van der Waals surface area contributed by atoms with Crippen molar-refractivity contribution >= 4 is 17.2 Å². The van der Waals surface area contributed by atoms with Gasteiger partial charge in [0, 0.05) is 17.6 Å². The van der Waals surface area contributed by atoms with Crippen molar-refractivity contribution in [3.05, 3.63) is 34.8 Å².